The molecule has 0 aliphatic rings. The second-order valence-electron chi connectivity index (χ2n) is 4.49. The Labute approximate surface area is 143 Å². The van der Waals surface area contributed by atoms with Crippen molar-refractivity contribution in [1.29, 1.82) is 0 Å². The number of amides is 1. The molecule has 0 atom stereocenters. The lowest BCUT2D eigenvalue weighted by Gasteiger charge is -2.11. The molecule has 0 spiro atoms. The van der Waals surface area contributed by atoms with E-state index in [1.54, 1.807) is 0 Å². The van der Waals surface area contributed by atoms with Gasteiger partial charge in [-0.05, 0) is 36.4 Å². The summed E-state index contributed by atoms with van der Waals surface area (Å²) in [6, 6.07) is 8.49. The number of carbonyl (C=O) groups excluding carboxylic acids is 1. The van der Waals surface area contributed by atoms with Gasteiger partial charge in [0.1, 0.15) is 10.6 Å². The molecule has 0 aliphatic carbocycles. The van der Waals surface area contributed by atoms with Crippen molar-refractivity contribution in [1.82, 2.24) is 0 Å². The lowest BCUT2D eigenvalue weighted by atomic mass is 10.2. The molecule has 1 amide bonds. The van der Waals surface area contributed by atoms with E-state index >= 15 is 0 Å². The minimum absolute atomic E-state index is 0.0787. The van der Waals surface area contributed by atoms with Gasteiger partial charge < -0.3 is 10.1 Å². The molecule has 0 heterocycles. The number of rotatable bonds is 4. The highest BCUT2D eigenvalue weighted by molar-refractivity contribution is 7.89. The van der Waals surface area contributed by atoms with Crippen molar-refractivity contribution in [3.05, 3.63) is 52.0 Å². The Morgan fingerprint density at radius 3 is 2.43 bits per heavy atom. The molecule has 9 heteroatoms. The first-order valence-corrected chi connectivity index (χ1v) is 8.50. The van der Waals surface area contributed by atoms with Gasteiger partial charge in [0.2, 0.25) is 10.0 Å². The number of anilines is 1. The smallest absolute Gasteiger partial charge is 0.257 e. The highest BCUT2D eigenvalue weighted by Crippen LogP contribution is 2.27. The number of carbonyl (C=O) groups is 1. The summed E-state index contributed by atoms with van der Waals surface area (Å²) < 4.78 is 28.1. The zero-order chi connectivity index (χ0) is 17.2. The van der Waals surface area contributed by atoms with E-state index in [-0.39, 0.29) is 26.9 Å². The summed E-state index contributed by atoms with van der Waals surface area (Å²) >= 11 is 11.7. The predicted octanol–water partition coefficient (Wildman–Crippen LogP) is 2.90. The molecule has 23 heavy (non-hydrogen) atoms. The molecular formula is C14H12Cl2N2O4S. The van der Waals surface area contributed by atoms with Crippen LogP contribution in [0, 0.1) is 0 Å². The van der Waals surface area contributed by atoms with E-state index in [4.69, 9.17) is 33.1 Å². The van der Waals surface area contributed by atoms with Gasteiger partial charge in [-0.1, -0.05) is 23.2 Å². The maximum absolute atomic E-state index is 12.2. The van der Waals surface area contributed by atoms with Crippen LogP contribution in [0.4, 0.5) is 5.69 Å². The normalized spacial score (nSPS) is 11.1. The molecule has 6 nitrogen and oxygen atoms in total. The van der Waals surface area contributed by atoms with Crippen LogP contribution in [-0.4, -0.2) is 21.4 Å². The number of hydrogen-bond donors (Lipinski definition) is 2. The fourth-order valence-corrected chi connectivity index (χ4v) is 3.07. The SMILES string of the molecule is COc1ccc(NC(=O)c2ccc(Cl)cc2Cl)cc1S(N)(=O)=O. The first-order chi connectivity index (χ1) is 10.7. The van der Waals surface area contributed by atoms with Gasteiger partial charge in [0.25, 0.3) is 5.91 Å². The number of ether oxygens (including phenoxy) is 1. The summed E-state index contributed by atoms with van der Waals surface area (Å²) in [5.74, 6) is -0.438. The highest BCUT2D eigenvalue weighted by Gasteiger charge is 2.17. The fraction of sp³-hybridized carbons (Fsp3) is 0.0714. The summed E-state index contributed by atoms with van der Waals surface area (Å²) in [5.41, 5.74) is 0.426. The minimum Gasteiger partial charge on any atom is -0.495 e. The van der Waals surface area contributed by atoms with Crippen LogP contribution in [0.2, 0.25) is 10.0 Å². The van der Waals surface area contributed by atoms with Gasteiger partial charge >= 0.3 is 0 Å². The Morgan fingerprint density at radius 2 is 1.87 bits per heavy atom. The molecule has 0 unspecified atom stereocenters. The quantitative estimate of drug-likeness (QED) is 0.859. The molecule has 0 saturated carbocycles. The van der Waals surface area contributed by atoms with Gasteiger partial charge in [0.05, 0.1) is 17.7 Å². The lowest BCUT2D eigenvalue weighted by molar-refractivity contribution is 0.102. The van der Waals surface area contributed by atoms with Gasteiger partial charge in [0, 0.05) is 10.7 Å². The second-order valence-corrected chi connectivity index (χ2v) is 6.86. The standard InChI is InChI=1S/C14H12Cl2N2O4S/c1-22-12-5-3-9(7-13(12)23(17,20)21)18-14(19)10-4-2-8(15)6-11(10)16/h2-7H,1H3,(H,18,19)(H2,17,20,21). The third-order valence-corrected chi connectivity index (χ3v) is 4.38. The molecular weight excluding hydrogens is 363 g/mol. The van der Waals surface area contributed by atoms with Crippen LogP contribution < -0.4 is 15.2 Å². The van der Waals surface area contributed by atoms with Gasteiger partial charge in [-0.3, -0.25) is 4.79 Å². The summed E-state index contributed by atoms with van der Waals surface area (Å²) in [6.45, 7) is 0. The van der Waals surface area contributed by atoms with Crippen molar-refractivity contribution in [2.45, 2.75) is 4.90 Å². The number of nitrogens with two attached hydrogens (primary N) is 1. The first kappa shape index (κ1) is 17.6. The number of primary sulfonamides is 1. The fourth-order valence-electron chi connectivity index (χ4n) is 1.85. The van der Waals surface area contributed by atoms with Crippen molar-refractivity contribution in [2.75, 3.05) is 12.4 Å². The van der Waals surface area contributed by atoms with Crippen molar-refractivity contribution >= 4 is 44.8 Å². The first-order valence-electron chi connectivity index (χ1n) is 6.19. The van der Waals surface area contributed by atoms with E-state index < -0.39 is 15.9 Å². The number of sulfonamides is 1. The largest absolute Gasteiger partial charge is 0.495 e. The molecule has 0 saturated heterocycles. The number of halogens is 2. The van der Waals surface area contributed by atoms with Crippen LogP contribution >= 0.6 is 23.2 Å². The number of methoxy groups -OCH3 is 1. The van der Waals surface area contributed by atoms with Crippen LogP contribution in [0.1, 0.15) is 10.4 Å². The number of benzene rings is 2. The van der Waals surface area contributed by atoms with Gasteiger partial charge in [-0.2, -0.15) is 0 Å². The number of hydrogen-bond acceptors (Lipinski definition) is 4. The maximum Gasteiger partial charge on any atom is 0.257 e. The van der Waals surface area contributed by atoms with E-state index in [9.17, 15) is 13.2 Å². The monoisotopic (exact) mass is 374 g/mol. The van der Waals surface area contributed by atoms with E-state index in [2.05, 4.69) is 5.32 Å². The van der Waals surface area contributed by atoms with Crippen molar-refractivity contribution in [2.24, 2.45) is 5.14 Å². The van der Waals surface area contributed by atoms with E-state index in [1.807, 2.05) is 0 Å². The van der Waals surface area contributed by atoms with Gasteiger partial charge in [-0.25, -0.2) is 13.6 Å². The van der Waals surface area contributed by atoms with Crippen LogP contribution in [0.15, 0.2) is 41.3 Å². The molecule has 0 radical (unpaired) electrons. The van der Waals surface area contributed by atoms with Crippen molar-refractivity contribution < 1.29 is 17.9 Å². The minimum atomic E-state index is -4.00. The van der Waals surface area contributed by atoms with Crippen LogP contribution in [0.5, 0.6) is 5.75 Å². The summed E-state index contributed by atoms with van der Waals surface area (Å²) in [6.07, 6.45) is 0. The molecule has 0 bridgehead atoms. The molecule has 0 aliphatic heterocycles. The average molecular weight is 375 g/mol. The Balaban J connectivity index is 2.35. The predicted molar refractivity (Wildman–Crippen MR) is 88.8 cm³/mol. The molecule has 3 N–H and O–H groups in total. The van der Waals surface area contributed by atoms with Crippen LogP contribution in [0.25, 0.3) is 0 Å². The topological polar surface area (TPSA) is 98.5 Å². The highest BCUT2D eigenvalue weighted by atomic mass is 35.5. The molecule has 2 aromatic rings. The third kappa shape index (κ3) is 4.14. The van der Waals surface area contributed by atoms with Crippen molar-refractivity contribution in [3.63, 3.8) is 0 Å². The van der Waals surface area contributed by atoms with E-state index in [1.165, 1.54) is 43.5 Å². The Morgan fingerprint density at radius 1 is 1.17 bits per heavy atom. The van der Waals surface area contributed by atoms with E-state index in [0.717, 1.165) is 0 Å². The maximum atomic E-state index is 12.2. The van der Waals surface area contributed by atoms with Crippen LogP contribution in [-0.2, 0) is 10.0 Å². The summed E-state index contributed by atoms with van der Waals surface area (Å²) in [7, 11) is -2.69. The van der Waals surface area contributed by atoms with Gasteiger partial charge in [0.15, 0.2) is 0 Å². The Hall–Kier alpha value is -1.80. The second kappa shape index (κ2) is 6.76. The zero-order valence-corrected chi connectivity index (χ0v) is 14.2. The number of nitrogens with one attached hydrogen (secondary N) is 1. The van der Waals surface area contributed by atoms with Crippen molar-refractivity contribution in [3.8, 4) is 5.75 Å². The average Bonchev–Trinajstić information content (AvgIpc) is 2.46. The summed E-state index contributed by atoms with van der Waals surface area (Å²) in [5, 5.41) is 8.24. The zero-order valence-electron chi connectivity index (χ0n) is 11.8. The molecule has 0 aromatic heterocycles. The molecule has 122 valence electrons. The Bertz CT molecular complexity index is 869. The van der Waals surface area contributed by atoms with Crippen LogP contribution in [0.3, 0.4) is 0 Å². The molecule has 2 aromatic carbocycles. The third-order valence-electron chi connectivity index (χ3n) is 2.90. The van der Waals surface area contributed by atoms with Gasteiger partial charge in [-0.15, -0.1) is 0 Å². The lowest BCUT2D eigenvalue weighted by Crippen LogP contribution is -2.16. The Kier molecular flexibility index (Phi) is 5.16. The van der Waals surface area contributed by atoms with E-state index in [0.29, 0.717) is 5.02 Å². The molecule has 2 rings (SSSR count). The molecule has 0 fully saturated rings. The summed E-state index contributed by atoms with van der Waals surface area (Å²) in [4.78, 5) is 12.0.